The van der Waals surface area contributed by atoms with Crippen molar-refractivity contribution in [1.82, 2.24) is 0 Å². The number of rotatable bonds is 16. The molecule has 4 nitrogen and oxygen atoms in total. The molecule has 0 aliphatic rings. The maximum Gasteiger partial charge on any atom is 0.311 e. The fraction of sp³-hybridized carbons (Fsp3) is 0.103. The van der Waals surface area contributed by atoms with Gasteiger partial charge in [0.2, 0.25) is 16.6 Å². The summed E-state index contributed by atoms with van der Waals surface area (Å²) in [6, 6.07) is 77.3. The average molecular weight is 899 g/mol. The van der Waals surface area contributed by atoms with Gasteiger partial charge in [0.25, 0.3) is 0 Å². The van der Waals surface area contributed by atoms with Gasteiger partial charge in [0, 0.05) is 34.1 Å². The Labute approximate surface area is 389 Å². The minimum absolute atomic E-state index is 1.12. The lowest BCUT2D eigenvalue weighted by atomic mass is 10.1. The zero-order valence-corrected chi connectivity index (χ0v) is 41.3. The smallest absolute Gasteiger partial charge is 0.311 e. The van der Waals surface area contributed by atoms with Crippen LogP contribution in [-0.4, -0.2) is 25.2 Å². The van der Waals surface area contributed by atoms with E-state index >= 15 is 0 Å². The van der Waals surface area contributed by atoms with Crippen molar-refractivity contribution in [2.45, 2.75) is 39.3 Å². The van der Waals surface area contributed by atoms with Crippen molar-refractivity contribution in [1.29, 1.82) is 0 Å². The highest BCUT2D eigenvalue weighted by molar-refractivity contribution is 6.95. The van der Waals surface area contributed by atoms with Crippen molar-refractivity contribution in [3.8, 4) is 0 Å². The van der Waals surface area contributed by atoms with Crippen molar-refractivity contribution in [3.05, 3.63) is 241 Å². The lowest BCUT2D eigenvalue weighted by Crippen LogP contribution is -2.59. The molecular weight excluding hydrogens is 841 g/mol. The number of nitrogens with zero attached hydrogens (tertiary/aromatic N) is 2. The molecule has 8 aromatic carbocycles. The van der Waals surface area contributed by atoms with Gasteiger partial charge in [-0.1, -0.05) is 170 Å². The van der Waals surface area contributed by atoms with Crippen LogP contribution in [0.5, 0.6) is 0 Å². The van der Waals surface area contributed by atoms with Crippen LogP contribution in [-0.2, 0) is 8.23 Å². The van der Waals surface area contributed by atoms with E-state index in [-0.39, 0.29) is 0 Å². The van der Waals surface area contributed by atoms with Gasteiger partial charge in [0.15, 0.2) is 0 Å². The van der Waals surface area contributed by atoms with E-state index in [9.17, 15) is 0 Å². The number of hydrogen-bond acceptors (Lipinski definition) is 4. The summed E-state index contributed by atoms with van der Waals surface area (Å²) in [5.41, 5.74) is 11.4. The van der Waals surface area contributed by atoms with Crippen molar-refractivity contribution >= 4 is 94.0 Å². The predicted octanol–water partition coefficient (Wildman–Crippen LogP) is 15.2. The number of benzene rings is 8. The highest BCUT2D eigenvalue weighted by Crippen LogP contribution is 2.36. The third kappa shape index (κ3) is 11.6. The fourth-order valence-electron chi connectivity index (χ4n) is 8.42. The van der Waals surface area contributed by atoms with Crippen LogP contribution in [0.3, 0.4) is 0 Å². The molecule has 8 aromatic rings. The molecule has 0 N–H and O–H groups in total. The summed E-state index contributed by atoms with van der Waals surface area (Å²) in [7, 11) is -7.06. The molecule has 0 bridgehead atoms. The summed E-state index contributed by atoms with van der Waals surface area (Å²) in [5.74, 6) is 0. The van der Waals surface area contributed by atoms with E-state index in [1.54, 1.807) is 0 Å². The van der Waals surface area contributed by atoms with E-state index in [0.29, 0.717) is 0 Å². The van der Waals surface area contributed by atoms with E-state index in [0.717, 1.165) is 56.4 Å². The summed E-state index contributed by atoms with van der Waals surface area (Å²) >= 11 is 0. The van der Waals surface area contributed by atoms with Crippen molar-refractivity contribution in [2.75, 3.05) is 9.80 Å². The molecule has 0 unspecified atom stereocenters. The van der Waals surface area contributed by atoms with Crippen LogP contribution in [0.25, 0.3) is 24.3 Å². The Kier molecular flexibility index (Phi) is 13.9. The Morgan fingerprint density at radius 1 is 0.277 bits per heavy atom. The molecular formula is C58H58N2O2Si3. The molecule has 0 atom stereocenters. The van der Waals surface area contributed by atoms with Crippen LogP contribution in [0, 0.1) is 0 Å². The lowest BCUT2D eigenvalue weighted by molar-refractivity contribution is 0.401. The molecule has 0 aromatic heterocycles. The zero-order chi connectivity index (χ0) is 45.3. The third-order valence-electron chi connectivity index (χ3n) is 11.5. The number of hydrogen-bond donors (Lipinski definition) is 0. The van der Waals surface area contributed by atoms with Crippen molar-refractivity contribution in [3.63, 3.8) is 0 Å². The van der Waals surface area contributed by atoms with Gasteiger partial charge >= 0.3 is 8.56 Å². The second-order valence-electron chi connectivity index (χ2n) is 17.7. The molecule has 0 radical (unpaired) electrons. The van der Waals surface area contributed by atoms with Gasteiger partial charge in [0.05, 0.1) is 0 Å². The van der Waals surface area contributed by atoms with E-state index in [1.165, 1.54) is 10.4 Å². The number of anilines is 6. The van der Waals surface area contributed by atoms with E-state index < -0.39 is 25.2 Å². The molecule has 0 saturated carbocycles. The average Bonchev–Trinajstić information content (AvgIpc) is 3.32. The second-order valence-corrected chi connectivity index (χ2v) is 29.4. The highest BCUT2D eigenvalue weighted by Gasteiger charge is 2.41. The molecule has 0 spiro atoms. The van der Waals surface area contributed by atoms with Gasteiger partial charge in [-0.3, -0.25) is 0 Å². The zero-order valence-electron chi connectivity index (χ0n) is 38.3. The Hall–Kier alpha value is -6.59. The first-order valence-corrected chi connectivity index (χ1v) is 31.0. The maximum atomic E-state index is 7.07. The summed E-state index contributed by atoms with van der Waals surface area (Å²) in [5, 5.41) is 2.53. The lowest BCUT2D eigenvalue weighted by Gasteiger charge is -2.39. The normalized spacial score (nSPS) is 12.2. The summed E-state index contributed by atoms with van der Waals surface area (Å²) in [6.45, 7) is 13.6. The van der Waals surface area contributed by atoms with Crippen LogP contribution < -0.4 is 20.2 Å². The van der Waals surface area contributed by atoms with Crippen molar-refractivity contribution in [2.24, 2.45) is 0 Å². The first kappa shape index (κ1) is 45.0. The topological polar surface area (TPSA) is 24.9 Å². The molecule has 7 heteroatoms. The fourth-order valence-corrected chi connectivity index (χ4v) is 21.7. The van der Waals surface area contributed by atoms with Gasteiger partial charge in [0.1, 0.15) is 0 Å². The molecule has 0 aliphatic heterocycles. The molecule has 0 saturated heterocycles. The Balaban J connectivity index is 0.869. The van der Waals surface area contributed by atoms with Gasteiger partial charge in [-0.15, -0.1) is 0 Å². The maximum absolute atomic E-state index is 7.07. The van der Waals surface area contributed by atoms with Gasteiger partial charge in [-0.05, 0) is 145 Å². The Morgan fingerprint density at radius 2 is 0.492 bits per heavy atom. The van der Waals surface area contributed by atoms with Gasteiger partial charge in [-0.2, -0.15) is 0 Å². The Bertz CT molecular complexity index is 2520. The third-order valence-corrected chi connectivity index (χ3v) is 23.0. The van der Waals surface area contributed by atoms with Crippen molar-refractivity contribution < 1.29 is 8.23 Å². The standard InChI is InChI=1S/C58H58N2O2Si3/c1-63(2,57-43-35-49(36-44-57)29-27-47-31-39-55(40-32-47)59(51-19-11-7-12-20-51)52-21-13-8-14-22-52)61-65(5,6)62-64(3,4)58-45-37-50(38-46-58)30-28-48-33-41-56(42-34-48)60(53-23-15-9-16-24-53)54-25-17-10-18-26-54/h7-46H,1-6H3/b29-27+,30-28+. The largest absolute Gasteiger partial charge is 0.433 e. The quantitative estimate of drug-likeness (QED) is 0.0713. The van der Waals surface area contributed by atoms with Crippen LogP contribution in [0.2, 0.25) is 39.3 Å². The SMILES string of the molecule is C[Si](C)(O[Si](C)(C)c1ccc(/C=C/c2ccc(N(c3ccccc3)c3ccccc3)cc2)cc1)O[Si](C)(C)c1ccc(/C=C/c2ccc(N(c3ccccc3)c3ccccc3)cc2)cc1. The molecule has 324 valence electrons. The van der Waals surface area contributed by atoms with E-state index in [2.05, 4.69) is 292 Å². The first-order valence-electron chi connectivity index (χ1n) is 22.4. The summed E-state index contributed by atoms with van der Waals surface area (Å²) < 4.78 is 14.1. The highest BCUT2D eigenvalue weighted by atomic mass is 28.5. The molecule has 0 aliphatic carbocycles. The van der Waals surface area contributed by atoms with Gasteiger partial charge in [-0.25, -0.2) is 0 Å². The molecule has 0 heterocycles. The first-order chi connectivity index (χ1) is 31.4. The summed E-state index contributed by atoms with van der Waals surface area (Å²) in [6.07, 6.45) is 8.72. The van der Waals surface area contributed by atoms with Crippen LogP contribution in [0.4, 0.5) is 34.1 Å². The molecule has 0 amide bonds. The van der Waals surface area contributed by atoms with Gasteiger partial charge < -0.3 is 18.0 Å². The van der Waals surface area contributed by atoms with Crippen LogP contribution in [0.15, 0.2) is 218 Å². The van der Waals surface area contributed by atoms with Crippen LogP contribution >= 0.6 is 0 Å². The molecule has 8 rings (SSSR count). The monoisotopic (exact) mass is 898 g/mol. The predicted molar refractivity (Wildman–Crippen MR) is 287 cm³/mol. The van der Waals surface area contributed by atoms with E-state index in [4.69, 9.17) is 8.23 Å². The molecule has 0 fully saturated rings. The minimum Gasteiger partial charge on any atom is -0.433 e. The van der Waals surface area contributed by atoms with E-state index in [1.807, 2.05) is 0 Å². The summed E-state index contributed by atoms with van der Waals surface area (Å²) in [4.78, 5) is 4.56. The Morgan fingerprint density at radius 3 is 0.738 bits per heavy atom. The molecule has 65 heavy (non-hydrogen) atoms. The minimum atomic E-state index is -2.51. The van der Waals surface area contributed by atoms with Crippen LogP contribution in [0.1, 0.15) is 22.3 Å². The second kappa shape index (κ2) is 20.1. The number of para-hydroxylation sites is 4.